The van der Waals surface area contributed by atoms with Crippen LogP contribution in [0.2, 0.25) is 0 Å². The minimum Gasteiger partial charge on any atom is -0.372 e. The zero-order valence-corrected chi connectivity index (χ0v) is 19.2. The number of nitrogens with zero attached hydrogens (tertiary/aromatic N) is 2. The molecule has 0 atom stereocenters. The van der Waals surface area contributed by atoms with Gasteiger partial charge in [0.05, 0.1) is 4.90 Å². The summed E-state index contributed by atoms with van der Waals surface area (Å²) >= 11 is 0. The molecule has 0 aliphatic heterocycles. The highest BCUT2D eigenvalue weighted by atomic mass is 32.2. The van der Waals surface area contributed by atoms with E-state index in [0.717, 1.165) is 30.0 Å². The van der Waals surface area contributed by atoms with Crippen molar-refractivity contribution in [1.29, 1.82) is 0 Å². The summed E-state index contributed by atoms with van der Waals surface area (Å²) in [6.45, 7) is 10.6. The quantitative estimate of drug-likeness (QED) is 0.581. The number of benzene rings is 2. The van der Waals surface area contributed by atoms with Crippen molar-refractivity contribution in [3.8, 4) is 0 Å². The molecule has 0 aliphatic carbocycles. The van der Waals surface area contributed by atoms with E-state index >= 15 is 0 Å². The van der Waals surface area contributed by atoms with Crippen molar-refractivity contribution in [1.82, 2.24) is 4.31 Å². The maximum absolute atomic E-state index is 12.5. The highest BCUT2D eigenvalue weighted by molar-refractivity contribution is 7.89. The Kier molecular flexibility index (Phi) is 8.87. The van der Waals surface area contributed by atoms with Gasteiger partial charge in [-0.05, 0) is 62.2 Å². The lowest BCUT2D eigenvalue weighted by molar-refractivity contribution is -0.116. The van der Waals surface area contributed by atoms with Crippen molar-refractivity contribution < 1.29 is 13.2 Å². The van der Waals surface area contributed by atoms with Crippen LogP contribution in [-0.4, -0.2) is 44.8 Å². The summed E-state index contributed by atoms with van der Waals surface area (Å²) in [4.78, 5) is 14.8. The lowest BCUT2D eigenvalue weighted by Gasteiger charge is -2.21. The van der Waals surface area contributed by atoms with Gasteiger partial charge in [-0.1, -0.05) is 26.0 Å². The lowest BCUT2D eigenvalue weighted by atomic mass is 10.1. The van der Waals surface area contributed by atoms with E-state index in [1.807, 2.05) is 38.1 Å². The van der Waals surface area contributed by atoms with E-state index in [4.69, 9.17) is 0 Å². The van der Waals surface area contributed by atoms with Gasteiger partial charge in [0, 0.05) is 44.0 Å². The standard InChI is InChI=1S/C23H33N3O3S/c1-5-25(6-2)21-14-12-20(13-15-21)24-23(27)18-11-19-9-16-22(17-10-19)30(28,29)26(7-3)8-4/h9-10,12-17H,5-8,11,18H2,1-4H3,(H,24,27). The Hall–Kier alpha value is -2.38. The van der Waals surface area contributed by atoms with Gasteiger partial charge in [0.1, 0.15) is 0 Å². The van der Waals surface area contributed by atoms with Gasteiger partial charge in [-0.2, -0.15) is 4.31 Å². The van der Waals surface area contributed by atoms with Crippen LogP contribution >= 0.6 is 0 Å². The monoisotopic (exact) mass is 431 g/mol. The normalized spacial score (nSPS) is 11.5. The van der Waals surface area contributed by atoms with E-state index in [1.165, 1.54) is 4.31 Å². The smallest absolute Gasteiger partial charge is 0.243 e. The Morgan fingerprint density at radius 2 is 1.40 bits per heavy atom. The molecule has 0 heterocycles. The zero-order chi connectivity index (χ0) is 22.1. The number of aryl methyl sites for hydroxylation is 1. The van der Waals surface area contributed by atoms with Crippen LogP contribution in [0, 0.1) is 0 Å². The molecule has 0 spiro atoms. The Labute approximate surface area is 180 Å². The molecule has 0 bridgehead atoms. The average Bonchev–Trinajstić information content (AvgIpc) is 2.75. The van der Waals surface area contributed by atoms with E-state index in [-0.39, 0.29) is 10.8 Å². The third-order valence-electron chi connectivity index (χ3n) is 5.19. The highest BCUT2D eigenvalue weighted by Gasteiger charge is 2.21. The number of rotatable bonds is 11. The molecular weight excluding hydrogens is 398 g/mol. The molecule has 2 rings (SSSR count). The molecule has 1 amide bonds. The Bertz CT molecular complexity index is 902. The second-order valence-electron chi connectivity index (χ2n) is 7.00. The Morgan fingerprint density at radius 1 is 0.833 bits per heavy atom. The molecule has 1 N–H and O–H groups in total. The van der Waals surface area contributed by atoms with Gasteiger partial charge in [0.25, 0.3) is 0 Å². The predicted molar refractivity (Wildman–Crippen MR) is 124 cm³/mol. The van der Waals surface area contributed by atoms with E-state index in [1.54, 1.807) is 24.3 Å². The molecule has 0 aliphatic rings. The lowest BCUT2D eigenvalue weighted by Crippen LogP contribution is -2.30. The summed E-state index contributed by atoms with van der Waals surface area (Å²) in [7, 11) is -3.45. The van der Waals surface area contributed by atoms with Gasteiger partial charge in [0.15, 0.2) is 0 Å². The van der Waals surface area contributed by atoms with Crippen molar-refractivity contribution in [2.75, 3.05) is 36.4 Å². The van der Waals surface area contributed by atoms with Crippen LogP contribution in [0.1, 0.15) is 39.7 Å². The first-order valence-corrected chi connectivity index (χ1v) is 12.0. The molecule has 7 heteroatoms. The predicted octanol–water partition coefficient (Wildman–Crippen LogP) is 4.13. The van der Waals surface area contributed by atoms with Gasteiger partial charge >= 0.3 is 0 Å². The van der Waals surface area contributed by atoms with Crippen LogP contribution < -0.4 is 10.2 Å². The summed E-state index contributed by atoms with van der Waals surface area (Å²) in [6.07, 6.45) is 0.884. The maximum Gasteiger partial charge on any atom is 0.243 e. The molecule has 0 saturated heterocycles. The molecular formula is C23H33N3O3S. The molecule has 0 radical (unpaired) electrons. The van der Waals surface area contributed by atoms with E-state index < -0.39 is 10.0 Å². The fraction of sp³-hybridized carbons (Fsp3) is 0.435. The number of anilines is 2. The average molecular weight is 432 g/mol. The van der Waals surface area contributed by atoms with Crippen molar-refractivity contribution in [2.45, 2.75) is 45.4 Å². The van der Waals surface area contributed by atoms with Gasteiger partial charge < -0.3 is 10.2 Å². The van der Waals surface area contributed by atoms with E-state index in [0.29, 0.717) is 25.9 Å². The maximum atomic E-state index is 12.5. The summed E-state index contributed by atoms with van der Waals surface area (Å²) < 4.78 is 26.5. The molecule has 0 fully saturated rings. The minimum absolute atomic E-state index is 0.0644. The topological polar surface area (TPSA) is 69.7 Å². The van der Waals surface area contributed by atoms with E-state index in [2.05, 4.69) is 24.1 Å². The van der Waals surface area contributed by atoms with Crippen molar-refractivity contribution in [2.24, 2.45) is 0 Å². The minimum atomic E-state index is -3.45. The molecule has 0 saturated carbocycles. The van der Waals surface area contributed by atoms with Gasteiger partial charge in [-0.15, -0.1) is 0 Å². The van der Waals surface area contributed by atoms with Crippen LogP contribution in [0.4, 0.5) is 11.4 Å². The first-order valence-electron chi connectivity index (χ1n) is 10.6. The van der Waals surface area contributed by atoms with Gasteiger partial charge in [0.2, 0.25) is 15.9 Å². The summed E-state index contributed by atoms with van der Waals surface area (Å²) in [5.41, 5.74) is 2.84. The van der Waals surface area contributed by atoms with Gasteiger partial charge in [-0.25, -0.2) is 8.42 Å². The molecule has 164 valence electrons. The van der Waals surface area contributed by atoms with Crippen LogP contribution in [-0.2, 0) is 21.2 Å². The number of carbonyl (C=O) groups excluding carboxylic acids is 1. The van der Waals surface area contributed by atoms with Crippen molar-refractivity contribution in [3.63, 3.8) is 0 Å². The zero-order valence-electron chi connectivity index (χ0n) is 18.4. The Morgan fingerprint density at radius 3 is 1.90 bits per heavy atom. The molecule has 2 aromatic rings. The largest absolute Gasteiger partial charge is 0.372 e. The summed E-state index contributed by atoms with van der Waals surface area (Å²) in [5.74, 6) is -0.0644. The third kappa shape index (κ3) is 6.06. The fourth-order valence-corrected chi connectivity index (χ4v) is 4.82. The van der Waals surface area contributed by atoms with Crippen molar-refractivity contribution >= 4 is 27.3 Å². The molecule has 2 aromatic carbocycles. The number of nitrogens with one attached hydrogen (secondary N) is 1. The number of carbonyl (C=O) groups is 1. The number of hydrogen-bond donors (Lipinski definition) is 1. The number of hydrogen-bond acceptors (Lipinski definition) is 4. The number of amides is 1. The molecule has 6 nitrogen and oxygen atoms in total. The highest BCUT2D eigenvalue weighted by Crippen LogP contribution is 2.19. The van der Waals surface area contributed by atoms with Crippen molar-refractivity contribution in [3.05, 3.63) is 54.1 Å². The van der Waals surface area contributed by atoms with Gasteiger partial charge in [-0.3, -0.25) is 4.79 Å². The van der Waals surface area contributed by atoms with Crippen LogP contribution in [0.25, 0.3) is 0 Å². The van der Waals surface area contributed by atoms with Crippen LogP contribution in [0.3, 0.4) is 0 Å². The fourth-order valence-electron chi connectivity index (χ4n) is 3.37. The second kappa shape index (κ2) is 11.1. The number of sulfonamides is 1. The Balaban J connectivity index is 1.92. The molecule has 0 unspecified atom stereocenters. The summed E-state index contributed by atoms with van der Waals surface area (Å²) in [5, 5.41) is 2.92. The first kappa shape index (κ1) is 23.9. The van der Waals surface area contributed by atoms with E-state index in [9.17, 15) is 13.2 Å². The first-order chi connectivity index (χ1) is 14.3. The SMILES string of the molecule is CCN(CC)c1ccc(NC(=O)CCc2ccc(S(=O)(=O)N(CC)CC)cc2)cc1. The second-order valence-corrected chi connectivity index (χ2v) is 8.94. The van der Waals surface area contributed by atoms with Crippen LogP contribution in [0.5, 0.6) is 0 Å². The molecule has 30 heavy (non-hydrogen) atoms. The van der Waals surface area contributed by atoms with Crippen LogP contribution in [0.15, 0.2) is 53.4 Å². The molecule has 0 aromatic heterocycles. The summed E-state index contributed by atoms with van der Waals surface area (Å²) in [6, 6.07) is 14.6. The third-order valence-corrected chi connectivity index (χ3v) is 7.25.